The maximum absolute atomic E-state index is 12.8. The standard InChI is InChI=1S/C18H18ClNO4S2/c1-13-4-8-16(9-5-13)25(3,22)20-12-18(14(2)21)26(23,24)17-10-6-15(19)7-11-17/h4-12H,1-3H3/b18-12+. The van der Waals surface area contributed by atoms with Crippen LogP contribution in [0.15, 0.2) is 73.8 Å². The van der Waals surface area contributed by atoms with E-state index in [9.17, 15) is 17.4 Å². The molecule has 0 fully saturated rings. The Labute approximate surface area is 158 Å². The quantitative estimate of drug-likeness (QED) is 0.696. The van der Waals surface area contributed by atoms with Gasteiger partial charge in [0.15, 0.2) is 5.78 Å². The zero-order valence-electron chi connectivity index (χ0n) is 14.5. The Morgan fingerprint density at radius 3 is 1.96 bits per heavy atom. The van der Waals surface area contributed by atoms with Gasteiger partial charge in [-0.25, -0.2) is 17.0 Å². The van der Waals surface area contributed by atoms with Crippen molar-refractivity contribution in [3.8, 4) is 0 Å². The van der Waals surface area contributed by atoms with E-state index in [1.807, 2.05) is 6.92 Å². The molecule has 0 spiro atoms. The maximum Gasteiger partial charge on any atom is 0.211 e. The number of hydrogen-bond donors (Lipinski definition) is 0. The molecule has 2 rings (SSSR count). The van der Waals surface area contributed by atoms with E-state index >= 15 is 0 Å². The second-order valence-corrected chi connectivity index (χ2v) is 10.4. The van der Waals surface area contributed by atoms with Crippen molar-refractivity contribution in [3.63, 3.8) is 0 Å². The zero-order valence-corrected chi connectivity index (χ0v) is 16.9. The van der Waals surface area contributed by atoms with Crippen molar-refractivity contribution in [2.75, 3.05) is 6.26 Å². The van der Waals surface area contributed by atoms with Crippen LogP contribution in [-0.2, 0) is 24.4 Å². The second kappa shape index (κ2) is 7.73. The van der Waals surface area contributed by atoms with Gasteiger partial charge in [-0.1, -0.05) is 29.3 Å². The van der Waals surface area contributed by atoms with Gasteiger partial charge in [-0.2, -0.15) is 0 Å². The molecule has 0 aromatic heterocycles. The summed E-state index contributed by atoms with van der Waals surface area (Å²) in [6, 6.07) is 12.3. The number of hydrogen-bond acceptors (Lipinski definition) is 5. The Hall–Kier alpha value is -1.96. The van der Waals surface area contributed by atoms with Crippen LogP contribution in [0.2, 0.25) is 5.02 Å². The van der Waals surface area contributed by atoms with Gasteiger partial charge in [-0.05, 0) is 50.2 Å². The SMILES string of the molecule is CC(=O)/C(=C\N=S(C)(=O)c1ccc(C)cc1)S(=O)(=O)c1ccc(Cl)cc1. The average Bonchev–Trinajstić information content (AvgIpc) is 2.55. The first-order valence-electron chi connectivity index (χ1n) is 7.54. The van der Waals surface area contributed by atoms with Gasteiger partial charge in [0, 0.05) is 16.2 Å². The monoisotopic (exact) mass is 411 g/mol. The molecule has 26 heavy (non-hydrogen) atoms. The predicted molar refractivity (Wildman–Crippen MR) is 103 cm³/mol. The second-order valence-electron chi connectivity index (χ2n) is 5.73. The van der Waals surface area contributed by atoms with Crippen molar-refractivity contribution in [2.24, 2.45) is 4.36 Å². The van der Waals surface area contributed by atoms with Gasteiger partial charge in [0.1, 0.15) is 4.91 Å². The van der Waals surface area contributed by atoms with Gasteiger partial charge < -0.3 is 0 Å². The molecule has 0 aliphatic rings. The number of ketones is 1. The largest absolute Gasteiger partial charge is 0.294 e. The molecule has 0 amide bonds. The van der Waals surface area contributed by atoms with Crippen LogP contribution in [0.4, 0.5) is 0 Å². The summed E-state index contributed by atoms with van der Waals surface area (Å²) in [6.45, 7) is 3.02. The zero-order chi connectivity index (χ0) is 19.5. The van der Waals surface area contributed by atoms with E-state index in [0.29, 0.717) is 9.92 Å². The summed E-state index contributed by atoms with van der Waals surface area (Å²) in [5.41, 5.74) is 0.995. The van der Waals surface area contributed by atoms with Crippen LogP contribution in [-0.4, -0.2) is 24.7 Å². The van der Waals surface area contributed by atoms with Gasteiger partial charge in [-0.3, -0.25) is 4.79 Å². The highest BCUT2D eigenvalue weighted by Gasteiger charge is 2.24. The van der Waals surface area contributed by atoms with Crippen molar-refractivity contribution >= 4 is 37.0 Å². The fourth-order valence-corrected chi connectivity index (χ4v) is 4.67. The van der Waals surface area contributed by atoms with Crippen molar-refractivity contribution in [1.29, 1.82) is 0 Å². The summed E-state index contributed by atoms with van der Waals surface area (Å²) in [7, 11) is -6.99. The third-order valence-corrected chi connectivity index (χ3v) is 7.36. The van der Waals surface area contributed by atoms with E-state index < -0.39 is 30.3 Å². The van der Waals surface area contributed by atoms with E-state index in [-0.39, 0.29) is 4.90 Å². The summed E-state index contributed by atoms with van der Waals surface area (Å²) >= 11 is 5.77. The van der Waals surface area contributed by atoms with Crippen LogP contribution in [0.1, 0.15) is 12.5 Å². The summed E-state index contributed by atoms with van der Waals surface area (Å²) in [6.07, 6.45) is 2.27. The minimum absolute atomic E-state index is 0.0866. The third kappa shape index (κ3) is 4.60. The van der Waals surface area contributed by atoms with Gasteiger partial charge in [0.2, 0.25) is 9.84 Å². The lowest BCUT2D eigenvalue weighted by molar-refractivity contribution is -0.113. The number of benzene rings is 2. The van der Waals surface area contributed by atoms with E-state index in [1.54, 1.807) is 24.3 Å². The van der Waals surface area contributed by atoms with Crippen LogP contribution in [0, 0.1) is 6.92 Å². The lowest BCUT2D eigenvalue weighted by Gasteiger charge is -2.07. The Bertz CT molecular complexity index is 1080. The highest BCUT2D eigenvalue weighted by Crippen LogP contribution is 2.23. The van der Waals surface area contributed by atoms with E-state index in [4.69, 9.17) is 11.6 Å². The van der Waals surface area contributed by atoms with Crippen LogP contribution < -0.4 is 0 Å². The number of rotatable bonds is 5. The summed E-state index contributed by atoms with van der Waals surface area (Å²) in [4.78, 5) is 11.7. The fraction of sp³-hybridized carbons (Fsp3) is 0.167. The topological polar surface area (TPSA) is 80.6 Å². The van der Waals surface area contributed by atoms with Gasteiger partial charge in [0.25, 0.3) is 0 Å². The molecule has 1 unspecified atom stereocenters. The molecule has 0 N–H and O–H groups in total. The lowest BCUT2D eigenvalue weighted by Crippen LogP contribution is -2.11. The molecule has 0 heterocycles. The number of halogens is 1. The Morgan fingerprint density at radius 2 is 1.46 bits per heavy atom. The van der Waals surface area contributed by atoms with Crippen LogP contribution in [0.3, 0.4) is 0 Å². The first-order chi connectivity index (χ1) is 12.0. The molecule has 0 aliphatic carbocycles. The van der Waals surface area contributed by atoms with Gasteiger partial charge in [-0.15, -0.1) is 0 Å². The number of aryl methyl sites for hydroxylation is 1. The molecular weight excluding hydrogens is 394 g/mol. The van der Waals surface area contributed by atoms with E-state index in [2.05, 4.69) is 4.36 Å². The normalized spacial score (nSPS) is 14.5. The fourth-order valence-electron chi connectivity index (χ4n) is 2.09. The van der Waals surface area contributed by atoms with Gasteiger partial charge in [0.05, 0.1) is 20.8 Å². The Balaban J connectivity index is 2.56. The molecule has 2 aromatic rings. The Morgan fingerprint density at radius 1 is 0.962 bits per heavy atom. The van der Waals surface area contributed by atoms with Crippen molar-refractivity contribution in [2.45, 2.75) is 23.6 Å². The van der Waals surface area contributed by atoms with E-state index in [1.165, 1.54) is 30.5 Å². The first kappa shape index (κ1) is 20.4. The molecule has 0 bridgehead atoms. The molecule has 1 atom stereocenters. The third-order valence-electron chi connectivity index (χ3n) is 3.59. The van der Waals surface area contributed by atoms with Gasteiger partial charge >= 0.3 is 0 Å². The smallest absolute Gasteiger partial charge is 0.211 e. The number of Topliss-reactive ketones (excluding diaryl/α,β-unsaturated/α-hetero) is 1. The summed E-state index contributed by atoms with van der Waals surface area (Å²) < 4.78 is 42.1. The van der Waals surface area contributed by atoms with E-state index in [0.717, 1.165) is 18.7 Å². The number of sulfone groups is 1. The molecule has 8 heteroatoms. The van der Waals surface area contributed by atoms with Crippen LogP contribution in [0.5, 0.6) is 0 Å². The first-order valence-corrected chi connectivity index (χ1v) is 11.3. The lowest BCUT2D eigenvalue weighted by atomic mass is 10.2. The molecule has 0 saturated heterocycles. The summed E-state index contributed by atoms with van der Waals surface area (Å²) in [5.74, 6) is -0.692. The average molecular weight is 412 g/mol. The number of carbonyl (C=O) groups excluding carboxylic acids is 1. The van der Waals surface area contributed by atoms with Crippen LogP contribution in [0.25, 0.3) is 0 Å². The summed E-state index contributed by atoms with van der Waals surface area (Å²) in [5, 5.41) is 0.373. The molecule has 0 saturated carbocycles. The minimum Gasteiger partial charge on any atom is -0.294 e. The molecule has 5 nitrogen and oxygen atoms in total. The highest BCUT2D eigenvalue weighted by molar-refractivity contribution is 7.96. The number of nitrogens with zero attached hydrogens (tertiary/aromatic N) is 1. The Kier molecular flexibility index (Phi) is 6.05. The molecule has 138 valence electrons. The molecule has 0 aliphatic heterocycles. The minimum atomic E-state index is -4.09. The molecular formula is C18H18ClNO4S2. The van der Waals surface area contributed by atoms with Crippen molar-refractivity contribution in [3.05, 3.63) is 70.2 Å². The molecule has 2 aromatic carbocycles. The number of allylic oxidation sites excluding steroid dienone is 1. The van der Waals surface area contributed by atoms with Crippen molar-refractivity contribution < 1.29 is 17.4 Å². The molecule has 0 radical (unpaired) electrons. The highest BCUT2D eigenvalue weighted by atomic mass is 35.5. The predicted octanol–water partition coefficient (Wildman–Crippen LogP) is 4.01. The number of carbonyl (C=O) groups is 1. The van der Waals surface area contributed by atoms with Crippen molar-refractivity contribution in [1.82, 2.24) is 0 Å². The maximum atomic E-state index is 12.8. The van der Waals surface area contributed by atoms with Crippen LogP contribution >= 0.6 is 11.6 Å².